The highest BCUT2D eigenvalue weighted by atomic mass is 16.5. The second-order valence-corrected chi connectivity index (χ2v) is 4.32. The van der Waals surface area contributed by atoms with Gasteiger partial charge in [0.15, 0.2) is 17.8 Å². The molecular formula is C13H13NO4. The van der Waals surface area contributed by atoms with E-state index in [1.54, 1.807) is 6.08 Å². The highest BCUT2D eigenvalue weighted by Crippen LogP contribution is 2.47. The van der Waals surface area contributed by atoms with Crippen molar-refractivity contribution in [3.8, 4) is 11.5 Å². The first-order chi connectivity index (χ1) is 8.66. The molecule has 5 heteroatoms. The highest BCUT2D eigenvalue weighted by molar-refractivity contribution is 5.80. The quantitative estimate of drug-likeness (QED) is 0.501. The van der Waals surface area contributed by atoms with Crippen LogP contribution < -0.4 is 4.74 Å². The molecule has 2 rings (SSSR count). The summed E-state index contributed by atoms with van der Waals surface area (Å²) in [6.07, 6.45) is 4.51. The summed E-state index contributed by atoms with van der Waals surface area (Å²) in [5.41, 5.74) is 0.232. The molecule has 0 aliphatic heterocycles. The number of phenols is 1. The lowest BCUT2D eigenvalue weighted by Crippen LogP contribution is -2.33. The molecule has 18 heavy (non-hydrogen) atoms. The fourth-order valence-corrected chi connectivity index (χ4v) is 2.29. The van der Waals surface area contributed by atoms with Crippen LogP contribution >= 0.6 is 0 Å². The molecule has 0 atom stereocenters. The maximum atomic E-state index is 11.1. The van der Waals surface area contributed by atoms with Gasteiger partial charge >= 0.3 is 0 Å². The smallest absolute Gasteiger partial charge is 0.235 e. The molecule has 0 unspecified atom stereocenters. The molecule has 1 aromatic carbocycles. The van der Waals surface area contributed by atoms with E-state index in [-0.39, 0.29) is 11.5 Å². The number of carbonyl (C=O) groups excluding carboxylic acids is 2. The zero-order valence-corrected chi connectivity index (χ0v) is 9.97. The number of hydrogen-bond acceptors (Lipinski definition) is 5. The molecule has 94 valence electrons. The summed E-state index contributed by atoms with van der Waals surface area (Å²) in [4.78, 5) is 25.5. The molecule has 1 N–H and O–H groups in total. The van der Waals surface area contributed by atoms with Gasteiger partial charge in [0.1, 0.15) is 0 Å². The molecular weight excluding hydrogens is 234 g/mol. The van der Waals surface area contributed by atoms with Gasteiger partial charge in [-0.25, -0.2) is 4.79 Å². The summed E-state index contributed by atoms with van der Waals surface area (Å²) in [5, 5.41) is 9.78. The van der Waals surface area contributed by atoms with E-state index in [1.807, 2.05) is 0 Å². The Hall–Kier alpha value is -2.13. The van der Waals surface area contributed by atoms with Gasteiger partial charge in [-0.1, -0.05) is 0 Å². The first-order valence-electron chi connectivity index (χ1n) is 5.62. The normalized spacial score (nSPS) is 16.3. The van der Waals surface area contributed by atoms with E-state index in [0.29, 0.717) is 30.3 Å². The molecule has 0 aromatic heterocycles. The summed E-state index contributed by atoms with van der Waals surface area (Å²) >= 11 is 0. The molecule has 5 nitrogen and oxygen atoms in total. The summed E-state index contributed by atoms with van der Waals surface area (Å²) in [6, 6.07) is 2.90. The fourth-order valence-electron chi connectivity index (χ4n) is 2.29. The second kappa shape index (κ2) is 4.63. The molecule has 0 saturated heterocycles. The Balaban J connectivity index is 2.59. The third kappa shape index (κ3) is 1.79. The number of aliphatic imine (C=N–C) groups is 1. The van der Waals surface area contributed by atoms with E-state index in [0.717, 1.165) is 6.42 Å². The van der Waals surface area contributed by atoms with Crippen molar-refractivity contribution in [3.05, 3.63) is 23.3 Å². The molecule has 0 radical (unpaired) electrons. The minimum atomic E-state index is -0.707. The van der Waals surface area contributed by atoms with Crippen molar-refractivity contribution < 1.29 is 19.4 Å². The number of benzene rings is 1. The van der Waals surface area contributed by atoms with Crippen LogP contribution in [0.15, 0.2) is 17.1 Å². The van der Waals surface area contributed by atoms with Gasteiger partial charge in [-0.2, -0.15) is 4.99 Å². The molecule has 0 heterocycles. The number of nitrogens with zero attached hydrogens (tertiary/aromatic N) is 1. The summed E-state index contributed by atoms with van der Waals surface area (Å²) in [7, 11) is 1.41. The van der Waals surface area contributed by atoms with E-state index in [1.165, 1.54) is 19.2 Å². The average Bonchev–Trinajstić information content (AvgIpc) is 2.33. The highest BCUT2D eigenvalue weighted by Gasteiger charge is 2.41. The van der Waals surface area contributed by atoms with Gasteiger partial charge in [0.05, 0.1) is 12.6 Å². The molecule has 1 fully saturated rings. The van der Waals surface area contributed by atoms with Crippen molar-refractivity contribution in [3.63, 3.8) is 0 Å². The Bertz CT molecular complexity index is 528. The molecule has 1 saturated carbocycles. The van der Waals surface area contributed by atoms with Crippen LogP contribution in [0.5, 0.6) is 11.5 Å². The maximum Gasteiger partial charge on any atom is 0.235 e. The Labute approximate surface area is 104 Å². The lowest BCUT2D eigenvalue weighted by atomic mass is 9.71. The van der Waals surface area contributed by atoms with Gasteiger partial charge < -0.3 is 9.84 Å². The number of rotatable bonds is 4. The van der Waals surface area contributed by atoms with Gasteiger partial charge in [0.25, 0.3) is 0 Å². The minimum absolute atomic E-state index is 0.0644. The molecule has 0 spiro atoms. The first-order valence-corrected chi connectivity index (χ1v) is 5.62. The molecule has 1 aliphatic rings. The van der Waals surface area contributed by atoms with E-state index < -0.39 is 5.54 Å². The third-order valence-corrected chi connectivity index (χ3v) is 3.42. The molecule has 1 aliphatic carbocycles. The zero-order chi connectivity index (χ0) is 13.2. The zero-order valence-electron chi connectivity index (χ0n) is 9.97. The Morgan fingerprint density at radius 2 is 2.22 bits per heavy atom. The number of aromatic hydroxyl groups is 1. The van der Waals surface area contributed by atoms with Crippen molar-refractivity contribution >= 4 is 12.4 Å². The number of phenolic OH excluding ortho intramolecular Hbond substituents is 1. The topological polar surface area (TPSA) is 76.0 Å². The van der Waals surface area contributed by atoms with Crippen LogP contribution in [0.4, 0.5) is 0 Å². The number of methoxy groups -OCH3 is 1. The van der Waals surface area contributed by atoms with Crippen LogP contribution in [0.2, 0.25) is 0 Å². The Morgan fingerprint density at radius 1 is 1.50 bits per heavy atom. The Kier molecular flexibility index (Phi) is 3.17. The average molecular weight is 247 g/mol. The van der Waals surface area contributed by atoms with Gasteiger partial charge in [0.2, 0.25) is 6.08 Å². The van der Waals surface area contributed by atoms with Crippen molar-refractivity contribution in [2.75, 3.05) is 7.11 Å². The second-order valence-electron chi connectivity index (χ2n) is 4.32. The van der Waals surface area contributed by atoms with E-state index in [2.05, 4.69) is 4.99 Å². The van der Waals surface area contributed by atoms with Crippen LogP contribution in [-0.2, 0) is 10.3 Å². The largest absolute Gasteiger partial charge is 0.504 e. The number of hydrogen-bond donors (Lipinski definition) is 1. The predicted octanol–water partition coefficient (Wildman–Crippen LogP) is 1.93. The van der Waals surface area contributed by atoms with Crippen LogP contribution in [0, 0.1) is 0 Å². The lowest BCUT2D eigenvalue weighted by Gasteiger charge is -2.38. The standard InChI is InChI=1S/C13H13NO4/c1-18-12-5-9(7-15)10(6-11(12)17)13(14-8-16)3-2-4-13/h5-7,17H,2-4H2,1H3. The van der Waals surface area contributed by atoms with Crippen LogP contribution in [0.25, 0.3) is 0 Å². The van der Waals surface area contributed by atoms with Gasteiger partial charge in [-0.15, -0.1) is 0 Å². The van der Waals surface area contributed by atoms with Crippen LogP contribution in [0.3, 0.4) is 0 Å². The van der Waals surface area contributed by atoms with Gasteiger partial charge in [0, 0.05) is 5.56 Å². The van der Waals surface area contributed by atoms with Crippen molar-refractivity contribution in [1.82, 2.24) is 0 Å². The minimum Gasteiger partial charge on any atom is -0.504 e. The number of aldehydes is 1. The molecule has 1 aromatic rings. The third-order valence-electron chi connectivity index (χ3n) is 3.42. The number of isocyanates is 1. The van der Waals surface area contributed by atoms with Crippen molar-refractivity contribution in [2.24, 2.45) is 4.99 Å². The van der Waals surface area contributed by atoms with Crippen LogP contribution in [-0.4, -0.2) is 24.6 Å². The van der Waals surface area contributed by atoms with E-state index in [4.69, 9.17) is 4.74 Å². The lowest BCUT2D eigenvalue weighted by molar-refractivity contribution is 0.111. The van der Waals surface area contributed by atoms with Crippen molar-refractivity contribution in [1.29, 1.82) is 0 Å². The monoisotopic (exact) mass is 247 g/mol. The van der Waals surface area contributed by atoms with Crippen molar-refractivity contribution in [2.45, 2.75) is 24.8 Å². The first kappa shape index (κ1) is 12.3. The summed E-state index contributed by atoms with van der Waals surface area (Å²) in [6.45, 7) is 0. The number of carbonyl (C=O) groups is 1. The Morgan fingerprint density at radius 3 is 2.67 bits per heavy atom. The van der Waals surface area contributed by atoms with Crippen LogP contribution in [0.1, 0.15) is 35.2 Å². The van der Waals surface area contributed by atoms with E-state index >= 15 is 0 Å². The van der Waals surface area contributed by atoms with E-state index in [9.17, 15) is 14.7 Å². The number of ether oxygens (including phenoxy) is 1. The molecule has 0 amide bonds. The fraction of sp³-hybridized carbons (Fsp3) is 0.385. The summed E-state index contributed by atoms with van der Waals surface area (Å²) in [5.74, 6) is 0.163. The maximum absolute atomic E-state index is 11.1. The van der Waals surface area contributed by atoms with Gasteiger partial charge in [-0.05, 0) is 37.0 Å². The molecule has 0 bridgehead atoms. The predicted molar refractivity (Wildman–Crippen MR) is 63.7 cm³/mol. The SMILES string of the molecule is COc1cc(C=O)c(C2(N=C=O)CCC2)cc1O. The van der Waals surface area contributed by atoms with Gasteiger partial charge in [-0.3, -0.25) is 4.79 Å². The summed E-state index contributed by atoms with van der Waals surface area (Å²) < 4.78 is 4.95.